The van der Waals surface area contributed by atoms with Gasteiger partial charge in [-0.2, -0.15) is 0 Å². The number of methoxy groups -OCH3 is 1. The molecule has 1 N–H and O–H groups in total. The summed E-state index contributed by atoms with van der Waals surface area (Å²) < 4.78 is 12.9. The number of hydrogen-bond acceptors (Lipinski definition) is 3. The fourth-order valence-corrected chi connectivity index (χ4v) is 4.21. The van der Waals surface area contributed by atoms with Gasteiger partial charge in [0, 0.05) is 22.6 Å². The third-order valence-electron chi connectivity index (χ3n) is 5.28. The number of nitrogens with one attached hydrogen (secondary N) is 1. The molecule has 0 aliphatic heterocycles. The predicted molar refractivity (Wildman–Crippen MR) is 115 cm³/mol. The number of rotatable bonds is 7. The van der Waals surface area contributed by atoms with Gasteiger partial charge in [0.1, 0.15) is 6.61 Å². The van der Waals surface area contributed by atoms with E-state index in [2.05, 4.69) is 52.4 Å². The Morgan fingerprint density at radius 2 is 1.85 bits per heavy atom. The summed E-state index contributed by atoms with van der Waals surface area (Å²) in [4.78, 5) is 0. The summed E-state index contributed by atoms with van der Waals surface area (Å²) in [6.45, 7) is 3.42. The molecular formula is C23H30BrNO2. The molecule has 0 saturated heterocycles. The van der Waals surface area contributed by atoms with Gasteiger partial charge in [0.15, 0.2) is 11.5 Å². The molecule has 27 heavy (non-hydrogen) atoms. The van der Waals surface area contributed by atoms with Crippen LogP contribution in [0.4, 0.5) is 0 Å². The largest absolute Gasteiger partial charge is 0.493 e. The molecule has 1 aliphatic carbocycles. The first kappa shape index (κ1) is 20.2. The van der Waals surface area contributed by atoms with Gasteiger partial charge in [0.2, 0.25) is 0 Å². The third-order valence-corrected chi connectivity index (χ3v) is 6.02. The maximum absolute atomic E-state index is 6.25. The van der Waals surface area contributed by atoms with Crippen LogP contribution in [-0.4, -0.2) is 13.2 Å². The normalized spacial score (nSPS) is 15.4. The van der Waals surface area contributed by atoms with Gasteiger partial charge in [-0.3, -0.25) is 0 Å². The molecule has 0 radical (unpaired) electrons. The Hall–Kier alpha value is -1.52. The van der Waals surface area contributed by atoms with Crippen LogP contribution in [0.2, 0.25) is 0 Å². The molecule has 4 heteroatoms. The summed E-state index contributed by atoms with van der Waals surface area (Å²) >= 11 is 3.71. The van der Waals surface area contributed by atoms with Crippen LogP contribution >= 0.6 is 15.9 Å². The van der Waals surface area contributed by atoms with Gasteiger partial charge >= 0.3 is 0 Å². The SMILES string of the molecule is COc1ccc(Br)c(CNC2CCCCCC2)c1OCc1cccc(C)c1. The van der Waals surface area contributed by atoms with Crippen molar-refractivity contribution >= 4 is 15.9 Å². The topological polar surface area (TPSA) is 30.5 Å². The van der Waals surface area contributed by atoms with Gasteiger partial charge in [-0.25, -0.2) is 0 Å². The predicted octanol–water partition coefficient (Wildman–Crippen LogP) is 6.16. The fraction of sp³-hybridized carbons (Fsp3) is 0.478. The second kappa shape index (κ2) is 10.1. The van der Waals surface area contributed by atoms with E-state index in [0.717, 1.165) is 28.1 Å². The lowest BCUT2D eigenvalue weighted by Gasteiger charge is -2.20. The fourth-order valence-electron chi connectivity index (χ4n) is 3.75. The van der Waals surface area contributed by atoms with E-state index in [9.17, 15) is 0 Å². The molecule has 146 valence electrons. The first-order valence-electron chi connectivity index (χ1n) is 9.94. The zero-order valence-electron chi connectivity index (χ0n) is 16.4. The Labute approximate surface area is 171 Å². The van der Waals surface area contributed by atoms with Crippen molar-refractivity contribution in [3.63, 3.8) is 0 Å². The summed E-state index contributed by atoms with van der Waals surface area (Å²) in [5, 5.41) is 3.75. The second-order valence-corrected chi connectivity index (χ2v) is 8.26. The van der Waals surface area contributed by atoms with Crippen molar-refractivity contribution in [2.45, 2.75) is 64.6 Å². The van der Waals surface area contributed by atoms with Crippen LogP contribution < -0.4 is 14.8 Å². The Morgan fingerprint density at radius 1 is 1.07 bits per heavy atom. The smallest absolute Gasteiger partial charge is 0.167 e. The lowest BCUT2D eigenvalue weighted by Crippen LogP contribution is -2.28. The minimum absolute atomic E-state index is 0.533. The van der Waals surface area contributed by atoms with E-state index in [1.165, 1.54) is 49.7 Å². The number of benzene rings is 2. The zero-order valence-corrected chi connectivity index (χ0v) is 18.0. The zero-order chi connectivity index (χ0) is 19.1. The molecule has 1 fully saturated rings. The van der Waals surface area contributed by atoms with E-state index in [-0.39, 0.29) is 0 Å². The Kier molecular flexibility index (Phi) is 7.59. The van der Waals surface area contributed by atoms with E-state index in [4.69, 9.17) is 9.47 Å². The van der Waals surface area contributed by atoms with Gasteiger partial charge in [-0.05, 0) is 37.5 Å². The Morgan fingerprint density at radius 3 is 2.56 bits per heavy atom. The molecule has 2 aromatic rings. The summed E-state index contributed by atoms with van der Waals surface area (Å²) in [6.07, 6.45) is 7.92. The van der Waals surface area contributed by atoms with Crippen LogP contribution in [0.15, 0.2) is 40.9 Å². The van der Waals surface area contributed by atoms with Crippen LogP contribution in [0.5, 0.6) is 11.5 Å². The average Bonchev–Trinajstić information content (AvgIpc) is 2.94. The summed E-state index contributed by atoms with van der Waals surface area (Å²) in [5.41, 5.74) is 3.54. The van der Waals surface area contributed by atoms with E-state index < -0.39 is 0 Å². The van der Waals surface area contributed by atoms with Gasteiger partial charge in [-0.1, -0.05) is 71.4 Å². The molecule has 3 nitrogen and oxygen atoms in total. The molecule has 0 unspecified atom stereocenters. The molecule has 2 aromatic carbocycles. The number of ether oxygens (including phenoxy) is 2. The van der Waals surface area contributed by atoms with Gasteiger partial charge < -0.3 is 14.8 Å². The van der Waals surface area contributed by atoms with Crippen LogP contribution in [0.25, 0.3) is 0 Å². The number of hydrogen-bond donors (Lipinski definition) is 1. The number of halogens is 1. The minimum Gasteiger partial charge on any atom is -0.493 e. The highest BCUT2D eigenvalue weighted by Crippen LogP contribution is 2.37. The van der Waals surface area contributed by atoms with Crippen LogP contribution in [0.1, 0.15) is 55.2 Å². The van der Waals surface area contributed by atoms with Crippen LogP contribution in [0.3, 0.4) is 0 Å². The van der Waals surface area contributed by atoms with Crippen molar-refractivity contribution in [1.82, 2.24) is 5.32 Å². The van der Waals surface area contributed by atoms with E-state index >= 15 is 0 Å². The third kappa shape index (κ3) is 5.73. The average molecular weight is 432 g/mol. The molecule has 0 atom stereocenters. The quantitative estimate of drug-likeness (QED) is 0.532. The first-order valence-corrected chi connectivity index (χ1v) is 10.7. The van der Waals surface area contributed by atoms with Crippen molar-refractivity contribution in [2.75, 3.05) is 7.11 Å². The van der Waals surface area contributed by atoms with Crippen LogP contribution in [0, 0.1) is 6.92 Å². The second-order valence-electron chi connectivity index (χ2n) is 7.40. The molecule has 3 rings (SSSR count). The molecule has 1 saturated carbocycles. The van der Waals surface area contributed by atoms with E-state index in [1.807, 2.05) is 12.1 Å². The molecule has 0 aromatic heterocycles. The first-order chi connectivity index (χ1) is 13.2. The maximum atomic E-state index is 6.25. The minimum atomic E-state index is 0.533. The lowest BCUT2D eigenvalue weighted by atomic mass is 10.1. The Balaban J connectivity index is 1.75. The molecule has 0 bridgehead atoms. The highest BCUT2D eigenvalue weighted by atomic mass is 79.9. The highest BCUT2D eigenvalue weighted by Gasteiger charge is 2.17. The Bertz CT molecular complexity index is 739. The van der Waals surface area contributed by atoms with Gasteiger partial charge in [0.05, 0.1) is 7.11 Å². The summed E-state index contributed by atoms with van der Waals surface area (Å²) in [5.74, 6) is 1.61. The van der Waals surface area contributed by atoms with Gasteiger partial charge in [0.25, 0.3) is 0 Å². The lowest BCUT2D eigenvalue weighted by molar-refractivity contribution is 0.279. The van der Waals surface area contributed by atoms with Crippen molar-refractivity contribution in [2.24, 2.45) is 0 Å². The molecule has 0 spiro atoms. The molecular weight excluding hydrogens is 402 g/mol. The number of aryl methyl sites for hydroxylation is 1. The van der Waals surface area contributed by atoms with E-state index in [1.54, 1.807) is 7.11 Å². The molecule has 0 heterocycles. The van der Waals surface area contributed by atoms with Gasteiger partial charge in [-0.15, -0.1) is 0 Å². The summed E-state index contributed by atoms with van der Waals surface area (Å²) in [6, 6.07) is 13.0. The molecule has 0 amide bonds. The highest BCUT2D eigenvalue weighted by molar-refractivity contribution is 9.10. The van der Waals surface area contributed by atoms with Crippen molar-refractivity contribution in [3.05, 3.63) is 57.6 Å². The van der Waals surface area contributed by atoms with Crippen LogP contribution in [-0.2, 0) is 13.2 Å². The van der Waals surface area contributed by atoms with Crippen molar-refractivity contribution < 1.29 is 9.47 Å². The molecule has 1 aliphatic rings. The van der Waals surface area contributed by atoms with Crippen molar-refractivity contribution in [1.29, 1.82) is 0 Å². The maximum Gasteiger partial charge on any atom is 0.167 e. The van der Waals surface area contributed by atoms with Crippen molar-refractivity contribution in [3.8, 4) is 11.5 Å². The van der Waals surface area contributed by atoms with E-state index in [0.29, 0.717) is 12.6 Å². The summed E-state index contributed by atoms with van der Waals surface area (Å²) in [7, 11) is 1.70. The monoisotopic (exact) mass is 431 g/mol. The standard InChI is InChI=1S/C23H30BrNO2/c1-17-8-7-9-18(14-17)16-27-23-20(21(24)12-13-22(23)26-2)15-25-19-10-5-3-4-6-11-19/h7-9,12-14,19,25H,3-6,10-11,15-16H2,1-2H3.